The molecule has 0 saturated heterocycles. The number of carbonyl (C=O) groups excluding carboxylic acids is 1. The van der Waals surface area contributed by atoms with Crippen LogP contribution >= 0.6 is 0 Å². The minimum atomic E-state index is -0.344. The first-order valence-corrected chi connectivity index (χ1v) is 5.75. The van der Waals surface area contributed by atoms with Crippen molar-refractivity contribution in [2.24, 2.45) is 0 Å². The molecule has 1 N–H and O–H groups in total. The van der Waals surface area contributed by atoms with E-state index in [2.05, 4.69) is 4.98 Å². The molecule has 0 aliphatic rings. The van der Waals surface area contributed by atoms with Crippen LogP contribution < -0.4 is 5.56 Å². The van der Waals surface area contributed by atoms with Gasteiger partial charge in [0.1, 0.15) is 5.82 Å². The molecule has 98 valence electrons. The van der Waals surface area contributed by atoms with Crippen molar-refractivity contribution in [1.29, 1.82) is 0 Å². The number of halogens is 1. The Labute approximate surface area is 109 Å². The molecule has 1 aromatic heterocycles. The van der Waals surface area contributed by atoms with Crippen molar-refractivity contribution in [3.63, 3.8) is 0 Å². The summed E-state index contributed by atoms with van der Waals surface area (Å²) in [6.07, 6.45) is 1.35. The predicted molar refractivity (Wildman–Crippen MR) is 69.3 cm³/mol. The van der Waals surface area contributed by atoms with Crippen LogP contribution in [0.1, 0.15) is 15.9 Å². The van der Waals surface area contributed by atoms with E-state index in [0.29, 0.717) is 11.1 Å². The van der Waals surface area contributed by atoms with Gasteiger partial charge in [0.05, 0.1) is 5.56 Å². The number of H-pyrrole nitrogens is 1. The Morgan fingerprint density at radius 1 is 1.26 bits per heavy atom. The lowest BCUT2D eigenvalue weighted by molar-refractivity contribution is 0.0783. The summed E-state index contributed by atoms with van der Waals surface area (Å²) in [5.41, 5.74) is 0.537. The molecule has 0 bridgehead atoms. The largest absolute Gasteiger partial charge is 0.337 e. The van der Waals surface area contributed by atoms with Gasteiger partial charge in [-0.3, -0.25) is 9.59 Å². The number of aromatic nitrogens is 1. The molecule has 0 saturated carbocycles. The van der Waals surface area contributed by atoms with Crippen LogP contribution in [0.2, 0.25) is 0 Å². The monoisotopic (exact) mass is 260 g/mol. The second-order valence-corrected chi connectivity index (χ2v) is 4.19. The summed E-state index contributed by atoms with van der Waals surface area (Å²) in [6.45, 7) is 0.171. The molecule has 1 amide bonds. The summed E-state index contributed by atoms with van der Waals surface area (Å²) in [6, 6.07) is 9.03. The number of benzene rings is 1. The maximum Gasteiger partial charge on any atom is 0.255 e. The number of carbonyl (C=O) groups is 1. The Balaban J connectivity index is 2.14. The lowest BCUT2D eigenvalue weighted by Crippen LogP contribution is -2.27. The minimum Gasteiger partial charge on any atom is -0.337 e. The zero-order valence-electron chi connectivity index (χ0n) is 10.4. The topological polar surface area (TPSA) is 53.2 Å². The average Bonchev–Trinajstić information content (AvgIpc) is 2.41. The smallest absolute Gasteiger partial charge is 0.255 e. The molecule has 0 spiro atoms. The second-order valence-electron chi connectivity index (χ2n) is 4.19. The quantitative estimate of drug-likeness (QED) is 0.914. The Morgan fingerprint density at radius 3 is 2.63 bits per heavy atom. The number of rotatable bonds is 3. The van der Waals surface area contributed by atoms with E-state index in [4.69, 9.17) is 0 Å². The van der Waals surface area contributed by atoms with Gasteiger partial charge in [-0.1, -0.05) is 18.2 Å². The van der Waals surface area contributed by atoms with Crippen LogP contribution in [0.5, 0.6) is 0 Å². The van der Waals surface area contributed by atoms with Crippen molar-refractivity contribution >= 4 is 5.91 Å². The first kappa shape index (κ1) is 13.0. The zero-order chi connectivity index (χ0) is 13.8. The average molecular weight is 260 g/mol. The van der Waals surface area contributed by atoms with E-state index in [1.54, 1.807) is 25.2 Å². The van der Waals surface area contributed by atoms with Crippen molar-refractivity contribution in [3.8, 4) is 0 Å². The third-order valence-electron chi connectivity index (χ3n) is 2.74. The van der Waals surface area contributed by atoms with Gasteiger partial charge in [0.25, 0.3) is 5.91 Å². The van der Waals surface area contributed by atoms with E-state index < -0.39 is 0 Å². The summed E-state index contributed by atoms with van der Waals surface area (Å²) in [4.78, 5) is 26.8. The molecule has 2 aromatic rings. The van der Waals surface area contributed by atoms with Crippen molar-refractivity contribution < 1.29 is 9.18 Å². The lowest BCUT2D eigenvalue weighted by atomic mass is 10.2. The van der Waals surface area contributed by atoms with Gasteiger partial charge in [-0.25, -0.2) is 4.39 Å². The molecule has 4 nitrogen and oxygen atoms in total. The summed E-state index contributed by atoms with van der Waals surface area (Å²) >= 11 is 0. The van der Waals surface area contributed by atoms with Crippen LogP contribution in [0.3, 0.4) is 0 Å². The maximum atomic E-state index is 13.5. The Bertz CT molecular complexity index is 631. The standard InChI is InChI=1S/C14H13FN2O2/c1-17(9-11-4-2-3-5-12(11)15)14(19)10-6-7-13(18)16-8-10/h2-8H,9H2,1H3,(H,16,18). The highest BCUT2D eigenvalue weighted by molar-refractivity contribution is 5.93. The van der Waals surface area contributed by atoms with Gasteiger partial charge in [0, 0.05) is 31.4 Å². The van der Waals surface area contributed by atoms with Crippen molar-refractivity contribution in [1.82, 2.24) is 9.88 Å². The zero-order valence-corrected chi connectivity index (χ0v) is 10.4. The van der Waals surface area contributed by atoms with Gasteiger partial charge in [0.15, 0.2) is 0 Å². The number of amides is 1. The van der Waals surface area contributed by atoms with Crippen LogP contribution in [0.15, 0.2) is 47.4 Å². The highest BCUT2D eigenvalue weighted by atomic mass is 19.1. The molecule has 19 heavy (non-hydrogen) atoms. The fourth-order valence-electron chi connectivity index (χ4n) is 1.72. The second kappa shape index (κ2) is 5.48. The molecular formula is C14H13FN2O2. The highest BCUT2D eigenvalue weighted by Gasteiger charge is 2.13. The van der Waals surface area contributed by atoms with Gasteiger partial charge in [-0.05, 0) is 12.1 Å². The van der Waals surface area contributed by atoms with E-state index in [9.17, 15) is 14.0 Å². The molecule has 0 fully saturated rings. The summed E-state index contributed by atoms with van der Waals surface area (Å²) in [5.74, 6) is -0.622. The van der Waals surface area contributed by atoms with Crippen LogP contribution in [0, 0.1) is 5.82 Å². The van der Waals surface area contributed by atoms with E-state index in [1.807, 2.05) is 0 Å². The predicted octanol–water partition coefficient (Wildman–Crippen LogP) is 1.79. The van der Waals surface area contributed by atoms with Crippen molar-refractivity contribution in [3.05, 3.63) is 69.9 Å². The molecule has 0 aliphatic carbocycles. The molecular weight excluding hydrogens is 247 g/mol. The normalized spacial score (nSPS) is 10.2. The SMILES string of the molecule is CN(Cc1ccccc1F)C(=O)c1ccc(=O)[nH]c1. The molecule has 0 aliphatic heterocycles. The van der Waals surface area contributed by atoms with Crippen LogP contribution in [-0.2, 0) is 6.54 Å². The summed E-state index contributed by atoms with van der Waals surface area (Å²) in [5, 5.41) is 0. The fraction of sp³-hybridized carbons (Fsp3) is 0.143. The van der Waals surface area contributed by atoms with E-state index >= 15 is 0 Å². The minimum absolute atomic E-state index is 0.171. The van der Waals surface area contributed by atoms with Crippen LogP contribution in [0.25, 0.3) is 0 Å². The third kappa shape index (κ3) is 3.07. The number of pyridine rings is 1. The summed E-state index contributed by atoms with van der Waals surface area (Å²) < 4.78 is 13.5. The Hall–Kier alpha value is -2.43. The Kier molecular flexibility index (Phi) is 3.75. The molecule has 1 heterocycles. The Morgan fingerprint density at radius 2 is 2.00 bits per heavy atom. The highest BCUT2D eigenvalue weighted by Crippen LogP contribution is 2.10. The van der Waals surface area contributed by atoms with E-state index in [1.165, 1.54) is 29.3 Å². The van der Waals surface area contributed by atoms with Gasteiger partial charge in [-0.15, -0.1) is 0 Å². The van der Waals surface area contributed by atoms with Gasteiger partial charge >= 0.3 is 0 Å². The van der Waals surface area contributed by atoms with E-state index in [0.717, 1.165) is 0 Å². The molecule has 0 unspecified atom stereocenters. The van der Waals surface area contributed by atoms with Crippen LogP contribution in [-0.4, -0.2) is 22.8 Å². The molecule has 0 atom stereocenters. The first-order valence-electron chi connectivity index (χ1n) is 5.75. The lowest BCUT2D eigenvalue weighted by Gasteiger charge is -2.17. The molecule has 0 radical (unpaired) electrons. The number of nitrogens with zero attached hydrogens (tertiary/aromatic N) is 1. The molecule has 2 rings (SSSR count). The fourth-order valence-corrected chi connectivity index (χ4v) is 1.72. The van der Waals surface area contributed by atoms with Gasteiger partial charge in [-0.2, -0.15) is 0 Å². The third-order valence-corrected chi connectivity index (χ3v) is 2.74. The van der Waals surface area contributed by atoms with Crippen LogP contribution in [0.4, 0.5) is 4.39 Å². The number of aromatic amines is 1. The number of hydrogen-bond acceptors (Lipinski definition) is 2. The van der Waals surface area contributed by atoms with Gasteiger partial charge in [0.2, 0.25) is 5.56 Å². The number of nitrogens with one attached hydrogen (secondary N) is 1. The molecule has 1 aromatic carbocycles. The first-order chi connectivity index (χ1) is 9.08. The van der Waals surface area contributed by atoms with Crippen molar-refractivity contribution in [2.75, 3.05) is 7.05 Å². The number of hydrogen-bond donors (Lipinski definition) is 1. The van der Waals surface area contributed by atoms with Gasteiger partial charge < -0.3 is 9.88 Å². The molecule has 5 heteroatoms. The summed E-state index contributed by atoms with van der Waals surface area (Å²) in [7, 11) is 1.58. The van der Waals surface area contributed by atoms with E-state index in [-0.39, 0.29) is 23.8 Å². The van der Waals surface area contributed by atoms with Crippen molar-refractivity contribution in [2.45, 2.75) is 6.54 Å². The maximum absolute atomic E-state index is 13.5.